The summed E-state index contributed by atoms with van der Waals surface area (Å²) >= 11 is 1.91. The molecule has 2 nitrogen and oxygen atoms in total. The van der Waals surface area contributed by atoms with Crippen LogP contribution in [0.5, 0.6) is 0 Å². The van der Waals surface area contributed by atoms with Gasteiger partial charge >= 0.3 is 0 Å². The van der Waals surface area contributed by atoms with Crippen molar-refractivity contribution in [3.63, 3.8) is 0 Å². The van der Waals surface area contributed by atoms with Crippen molar-refractivity contribution < 1.29 is 0 Å². The lowest BCUT2D eigenvalue weighted by Gasteiger charge is -2.29. The van der Waals surface area contributed by atoms with Gasteiger partial charge in [0.2, 0.25) is 0 Å². The number of hydrogen-bond acceptors (Lipinski definition) is 3. The van der Waals surface area contributed by atoms with Gasteiger partial charge < -0.3 is 9.80 Å². The van der Waals surface area contributed by atoms with E-state index < -0.39 is 0 Å². The topological polar surface area (TPSA) is 6.48 Å². The largest absolute Gasteiger partial charge is 0.310 e. The van der Waals surface area contributed by atoms with E-state index in [0.29, 0.717) is 0 Å². The molecule has 1 heterocycles. The van der Waals surface area contributed by atoms with Crippen LogP contribution in [0.15, 0.2) is 212 Å². The van der Waals surface area contributed by atoms with Crippen molar-refractivity contribution in [2.45, 2.75) is 20.8 Å². The Morgan fingerprint density at radius 1 is 0.355 bits per heavy atom. The number of nitrogens with zero attached hydrogens (tertiary/aromatic N) is 2. The minimum absolute atomic E-state index is 1.11. The van der Waals surface area contributed by atoms with Crippen molar-refractivity contribution >= 4 is 87.2 Å². The molecular formula is C59H44N2S. The molecule has 0 fully saturated rings. The van der Waals surface area contributed by atoms with Gasteiger partial charge in [-0.25, -0.2) is 0 Å². The first-order chi connectivity index (χ1) is 30.5. The predicted molar refractivity (Wildman–Crippen MR) is 269 cm³/mol. The third kappa shape index (κ3) is 6.50. The number of anilines is 6. The molecule has 3 heteroatoms. The van der Waals surface area contributed by atoms with E-state index in [2.05, 4.69) is 243 Å². The standard InChI is InChI=1S/C59H44N2S/c1-39-35-40(2)58(41(3)36-39)61(46-21-11-6-12-22-46)48-32-34-53-56(38-48)62-59-52-33-29-44(37-54(52)50-24-13-14-25-51(50)57(53)59)42-27-30-47(31-28-42)60(45-19-9-5-10-20-45)55-26-16-15-23-49(55)43-17-7-4-8-18-43/h4-38H,1-3H3. The number of fused-ring (bicyclic) bond motifs is 8. The van der Waals surface area contributed by atoms with Gasteiger partial charge in [-0.2, -0.15) is 0 Å². The maximum absolute atomic E-state index is 2.43. The highest BCUT2D eigenvalue weighted by molar-refractivity contribution is 7.27. The molecular weight excluding hydrogens is 769 g/mol. The molecule has 0 N–H and O–H groups in total. The molecule has 0 bridgehead atoms. The number of thiophene rings is 1. The Hall–Kier alpha value is -7.46. The van der Waals surface area contributed by atoms with Gasteiger partial charge in [-0.05, 0) is 125 Å². The number of aryl methyl sites for hydroxylation is 3. The van der Waals surface area contributed by atoms with Crippen LogP contribution in [0.3, 0.4) is 0 Å². The summed E-state index contributed by atoms with van der Waals surface area (Å²) in [5, 5.41) is 7.78. The van der Waals surface area contributed by atoms with Crippen LogP contribution in [0.2, 0.25) is 0 Å². The molecule has 296 valence electrons. The zero-order valence-electron chi connectivity index (χ0n) is 35.0. The van der Waals surface area contributed by atoms with Crippen molar-refractivity contribution in [2.75, 3.05) is 9.80 Å². The highest BCUT2D eigenvalue weighted by Crippen LogP contribution is 2.48. The fourth-order valence-electron chi connectivity index (χ4n) is 9.61. The average molecular weight is 813 g/mol. The van der Waals surface area contributed by atoms with Crippen molar-refractivity contribution in [3.05, 3.63) is 229 Å². The molecule has 1 aromatic heterocycles. The van der Waals surface area contributed by atoms with Crippen LogP contribution in [0, 0.1) is 20.8 Å². The third-order valence-electron chi connectivity index (χ3n) is 12.3. The highest BCUT2D eigenvalue weighted by atomic mass is 32.1. The molecule has 0 saturated heterocycles. The molecule has 11 aromatic rings. The van der Waals surface area contributed by atoms with Crippen molar-refractivity contribution in [3.8, 4) is 22.3 Å². The van der Waals surface area contributed by atoms with Gasteiger partial charge in [0.05, 0.1) is 11.4 Å². The van der Waals surface area contributed by atoms with Crippen molar-refractivity contribution in [2.24, 2.45) is 0 Å². The summed E-state index contributed by atoms with van der Waals surface area (Å²) in [6.07, 6.45) is 0. The fourth-order valence-corrected chi connectivity index (χ4v) is 10.9. The fraction of sp³-hybridized carbons (Fsp3) is 0.0508. The summed E-state index contributed by atoms with van der Waals surface area (Å²) in [6, 6.07) is 77.5. The second-order valence-electron chi connectivity index (χ2n) is 16.3. The van der Waals surface area contributed by atoms with E-state index >= 15 is 0 Å². The van der Waals surface area contributed by atoms with E-state index in [1.807, 2.05) is 11.3 Å². The Morgan fingerprint density at radius 3 is 1.61 bits per heavy atom. The third-order valence-corrected chi connectivity index (χ3v) is 13.4. The zero-order valence-corrected chi connectivity index (χ0v) is 35.8. The highest BCUT2D eigenvalue weighted by Gasteiger charge is 2.21. The summed E-state index contributed by atoms with van der Waals surface area (Å²) < 4.78 is 2.62. The first kappa shape index (κ1) is 37.5. The molecule has 0 unspecified atom stereocenters. The summed E-state index contributed by atoms with van der Waals surface area (Å²) in [5.74, 6) is 0. The Labute approximate surface area is 367 Å². The predicted octanol–water partition coefficient (Wildman–Crippen LogP) is 17.6. The smallest absolute Gasteiger partial charge is 0.0540 e. The number of benzene rings is 10. The molecule has 0 aliphatic rings. The molecule has 10 aromatic carbocycles. The van der Waals surface area contributed by atoms with E-state index in [-0.39, 0.29) is 0 Å². The minimum Gasteiger partial charge on any atom is -0.310 e. The Balaban J connectivity index is 1.03. The van der Waals surface area contributed by atoms with Crippen LogP contribution >= 0.6 is 11.3 Å². The van der Waals surface area contributed by atoms with Crippen LogP contribution in [-0.4, -0.2) is 0 Å². The van der Waals surface area contributed by atoms with E-state index in [1.54, 1.807) is 0 Å². The molecule has 11 rings (SSSR count). The summed E-state index contributed by atoms with van der Waals surface area (Å²) in [6.45, 7) is 6.65. The molecule has 0 amide bonds. The first-order valence-electron chi connectivity index (χ1n) is 21.3. The molecule has 0 radical (unpaired) electrons. The Kier molecular flexibility index (Phi) is 9.40. The number of rotatable bonds is 8. The van der Waals surface area contributed by atoms with Crippen LogP contribution in [0.4, 0.5) is 34.1 Å². The lowest BCUT2D eigenvalue weighted by Crippen LogP contribution is -2.13. The van der Waals surface area contributed by atoms with Crippen molar-refractivity contribution in [1.82, 2.24) is 0 Å². The van der Waals surface area contributed by atoms with E-state index in [0.717, 1.165) is 22.7 Å². The summed E-state index contributed by atoms with van der Waals surface area (Å²) in [5.41, 5.74) is 15.5. The monoisotopic (exact) mass is 812 g/mol. The van der Waals surface area contributed by atoms with Gasteiger partial charge in [-0.3, -0.25) is 0 Å². The molecule has 0 aliphatic heterocycles. The van der Waals surface area contributed by atoms with Gasteiger partial charge in [-0.1, -0.05) is 157 Å². The first-order valence-corrected chi connectivity index (χ1v) is 22.2. The number of hydrogen-bond donors (Lipinski definition) is 0. The van der Waals surface area contributed by atoms with E-state index in [9.17, 15) is 0 Å². The Morgan fingerprint density at radius 2 is 0.903 bits per heavy atom. The summed E-state index contributed by atoms with van der Waals surface area (Å²) in [7, 11) is 0. The van der Waals surface area contributed by atoms with Crippen LogP contribution < -0.4 is 9.80 Å². The second kappa shape index (κ2) is 15.5. The number of para-hydroxylation sites is 3. The van der Waals surface area contributed by atoms with Crippen LogP contribution in [0.1, 0.15) is 16.7 Å². The summed E-state index contributed by atoms with van der Waals surface area (Å²) in [4.78, 5) is 4.80. The van der Waals surface area contributed by atoms with E-state index in [4.69, 9.17) is 0 Å². The Bertz CT molecular complexity index is 3400. The maximum atomic E-state index is 2.43. The van der Waals surface area contributed by atoms with Crippen molar-refractivity contribution in [1.29, 1.82) is 0 Å². The molecule has 0 saturated carbocycles. The lowest BCUT2D eigenvalue weighted by molar-refractivity contribution is 1.21. The van der Waals surface area contributed by atoms with E-state index in [1.165, 1.54) is 92.0 Å². The second-order valence-corrected chi connectivity index (χ2v) is 17.4. The van der Waals surface area contributed by atoms with Gasteiger partial charge in [0.1, 0.15) is 0 Å². The SMILES string of the molecule is Cc1cc(C)c(N(c2ccccc2)c2ccc3c(c2)sc2c4ccc(-c5ccc(N(c6ccccc6)c6ccccc6-c6ccccc6)cc5)cc4c4ccccc4c32)c(C)c1. The van der Waals surface area contributed by atoms with Crippen LogP contribution in [0.25, 0.3) is 64.0 Å². The quantitative estimate of drug-likeness (QED) is 0.141. The minimum atomic E-state index is 1.11. The lowest BCUT2D eigenvalue weighted by atomic mass is 9.94. The van der Waals surface area contributed by atoms with Gasteiger partial charge in [0.25, 0.3) is 0 Å². The van der Waals surface area contributed by atoms with Gasteiger partial charge in [-0.15, -0.1) is 11.3 Å². The van der Waals surface area contributed by atoms with Gasteiger partial charge in [0.15, 0.2) is 0 Å². The van der Waals surface area contributed by atoms with Gasteiger partial charge in [0, 0.05) is 53.9 Å². The maximum Gasteiger partial charge on any atom is 0.0540 e. The normalized spacial score (nSPS) is 11.5. The molecule has 62 heavy (non-hydrogen) atoms. The molecule has 0 atom stereocenters. The zero-order chi connectivity index (χ0) is 41.7. The molecule has 0 spiro atoms. The molecule has 0 aliphatic carbocycles. The average Bonchev–Trinajstić information content (AvgIpc) is 3.71. The van der Waals surface area contributed by atoms with Crippen LogP contribution in [-0.2, 0) is 0 Å².